The van der Waals surface area contributed by atoms with Crippen LogP contribution in [-0.4, -0.2) is 25.3 Å². The van der Waals surface area contributed by atoms with Gasteiger partial charge in [-0.3, -0.25) is 4.79 Å². The minimum Gasteiger partial charge on any atom is -0.458 e. The number of carbonyl (C=O) groups is 1. The maximum Gasteiger partial charge on any atom is 0.312 e. The van der Waals surface area contributed by atoms with Crippen molar-refractivity contribution in [2.45, 2.75) is 59.0 Å². The zero-order valence-electron chi connectivity index (χ0n) is 13.0. The van der Waals surface area contributed by atoms with Crippen LogP contribution >= 0.6 is 0 Å². The first-order chi connectivity index (χ1) is 8.87. The first-order valence-corrected chi connectivity index (χ1v) is 7.59. The highest BCUT2D eigenvalue weighted by atomic mass is 16.6. The fraction of sp³-hybridized carbons (Fsp3) is 0.938. The molecule has 0 N–H and O–H groups in total. The molecule has 0 aromatic rings. The molecule has 0 aliphatic heterocycles. The summed E-state index contributed by atoms with van der Waals surface area (Å²) in [5.41, 5.74) is -0.642. The van der Waals surface area contributed by atoms with Gasteiger partial charge in [-0.2, -0.15) is 0 Å². The van der Waals surface area contributed by atoms with E-state index in [2.05, 4.69) is 6.92 Å². The topological polar surface area (TPSA) is 35.5 Å². The van der Waals surface area contributed by atoms with Crippen molar-refractivity contribution < 1.29 is 14.3 Å². The van der Waals surface area contributed by atoms with E-state index in [1.807, 2.05) is 20.8 Å². The van der Waals surface area contributed by atoms with Crippen LogP contribution in [0.4, 0.5) is 0 Å². The van der Waals surface area contributed by atoms with E-state index in [1.165, 1.54) is 12.8 Å². The van der Waals surface area contributed by atoms with Gasteiger partial charge in [-0.1, -0.05) is 13.8 Å². The summed E-state index contributed by atoms with van der Waals surface area (Å²) >= 11 is 0. The van der Waals surface area contributed by atoms with Gasteiger partial charge in [-0.25, -0.2) is 0 Å². The van der Waals surface area contributed by atoms with E-state index < -0.39 is 0 Å². The van der Waals surface area contributed by atoms with E-state index in [9.17, 15) is 4.79 Å². The average molecular weight is 268 g/mol. The molecule has 4 unspecified atom stereocenters. The van der Waals surface area contributed by atoms with Crippen molar-refractivity contribution >= 4 is 5.97 Å². The third-order valence-electron chi connectivity index (χ3n) is 5.43. The van der Waals surface area contributed by atoms with Gasteiger partial charge in [0.2, 0.25) is 0 Å². The van der Waals surface area contributed by atoms with Crippen molar-refractivity contribution in [1.29, 1.82) is 0 Å². The van der Waals surface area contributed by atoms with Gasteiger partial charge in [-0.05, 0) is 45.4 Å². The summed E-state index contributed by atoms with van der Waals surface area (Å²) in [5, 5.41) is 0. The second-order valence-corrected chi connectivity index (χ2v) is 7.08. The Hall–Kier alpha value is -0.570. The maximum absolute atomic E-state index is 12.5. The van der Waals surface area contributed by atoms with Gasteiger partial charge in [0.05, 0.1) is 12.0 Å². The molecule has 2 saturated carbocycles. The van der Waals surface area contributed by atoms with Crippen LogP contribution in [0, 0.1) is 23.2 Å². The number of rotatable bonds is 6. The summed E-state index contributed by atoms with van der Waals surface area (Å²) in [5.74, 6) is 1.61. The molecule has 0 radical (unpaired) electrons. The fourth-order valence-corrected chi connectivity index (χ4v) is 3.45. The lowest BCUT2D eigenvalue weighted by Crippen LogP contribution is -2.46. The number of hydrogen-bond donors (Lipinski definition) is 0. The van der Waals surface area contributed by atoms with Gasteiger partial charge in [-0.15, -0.1) is 0 Å². The van der Waals surface area contributed by atoms with Crippen LogP contribution in [0.3, 0.4) is 0 Å². The lowest BCUT2D eigenvalue weighted by molar-refractivity contribution is -0.181. The van der Waals surface area contributed by atoms with Crippen LogP contribution in [0.1, 0.15) is 53.4 Å². The van der Waals surface area contributed by atoms with Gasteiger partial charge in [0, 0.05) is 18.9 Å². The molecule has 3 heteroatoms. The number of methoxy groups -OCH3 is 1. The summed E-state index contributed by atoms with van der Waals surface area (Å²) in [6.07, 6.45) is 4.26. The molecule has 0 bridgehead atoms. The predicted octanol–water partition coefficient (Wildman–Crippen LogP) is 3.42. The van der Waals surface area contributed by atoms with Crippen molar-refractivity contribution in [3.05, 3.63) is 0 Å². The molecule has 2 aliphatic rings. The highest BCUT2D eigenvalue weighted by molar-refractivity contribution is 5.76. The molecule has 2 aliphatic carbocycles. The molecular formula is C16H28O3. The molecule has 0 aromatic carbocycles. The van der Waals surface area contributed by atoms with Crippen LogP contribution < -0.4 is 0 Å². The molecule has 3 nitrogen and oxygen atoms in total. The molecule has 0 amide bonds. The Morgan fingerprint density at radius 1 is 1.47 bits per heavy atom. The van der Waals surface area contributed by atoms with E-state index in [-0.39, 0.29) is 22.9 Å². The molecule has 2 fully saturated rings. The van der Waals surface area contributed by atoms with Crippen molar-refractivity contribution in [1.82, 2.24) is 0 Å². The molecular weight excluding hydrogens is 240 g/mol. The second-order valence-electron chi connectivity index (χ2n) is 7.08. The summed E-state index contributed by atoms with van der Waals surface area (Å²) in [4.78, 5) is 12.5. The zero-order valence-corrected chi connectivity index (χ0v) is 13.0. The number of hydrogen-bond acceptors (Lipinski definition) is 3. The smallest absolute Gasteiger partial charge is 0.312 e. The first-order valence-electron chi connectivity index (χ1n) is 7.59. The standard InChI is InChI=1S/C16H28O3/c1-6-15(3,4)14(17)19-16(11(2)10-18-5)8-7-12-9-13(12)16/h11-13H,6-10H2,1-5H3. The predicted molar refractivity (Wildman–Crippen MR) is 74.8 cm³/mol. The molecule has 4 atom stereocenters. The summed E-state index contributed by atoms with van der Waals surface area (Å²) in [6, 6.07) is 0. The quantitative estimate of drug-likeness (QED) is 0.692. The SMILES string of the molecule is CCC(C)(C)C(=O)OC1(C(C)COC)CCC2CC21. The number of carbonyl (C=O) groups excluding carboxylic acids is 1. The Balaban J connectivity index is 2.14. The van der Waals surface area contributed by atoms with Gasteiger partial charge in [0.15, 0.2) is 0 Å². The van der Waals surface area contributed by atoms with Crippen LogP contribution in [0.25, 0.3) is 0 Å². The van der Waals surface area contributed by atoms with Gasteiger partial charge >= 0.3 is 5.97 Å². The number of ether oxygens (including phenoxy) is 2. The zero-order chi connectivity index (χ0) is 14.3. The number of esters is 1. The summed E-state index contributed by atoms with van der Waals surface area (Å²) in [6.45, 7) is 8.83. The molecule has 19 heavy (non-hydrogen) atoms. The van der Waals surface area contributed by atoms with Crippen molar-refractivity contribution in [2.24, 2.45) is 23.2 Å². The van der Waals surface area contributed by atoms with Gasteiger partial charge in [0.1, 0.15) is 5.60 Å². The van der Waals surface area contributed by atoms with Gasteiger partial charge in [0.25, 0.3) is 0 Å². The maximum atomic E-state index is 12.5. The lowest BCUT2D eigenvalue weighted by atomic mass is 9.83. The van der Waals surface area contributed by atoms with Crippen molar-refractivity contribution in [3.8, 4) is 0 Å². The first kappa shape index (κ1) is 14.8. The second kappa shape index (κ2) is 5.08. The summed E-state index contributed by atoms with van der Waals surface area (Å²) < 4.78 is 11.4. The van der Waals surface area contributed by atoms with Gasteiger partial charge < -0.3 is 9.47 Å². The average Bonchev–Trinajstić information content (AvgIpc) is 3.07. The van der Waals surface area contributed by atoms with Crippen LogP contribution in [0.2, 0.25) is 0 Å². The molecule has 0 saturated heterocycles. The lowest BCUT2D eigenvalue weighted by Gasteiger charge is -2.39. The van der Waals surface area contributed by atoms with E-state index in [0.29, 0.717) is 12.5 Å². The minimum absolute atomic E-state index is 0.0366. The third-order valence-corrected chi connectivity index (χ3v) is 5.43. The minimum atomic E-state index is -0.382. The largest absolute Gasteiger partial charge is 0.458 e. The van der Waals surface area contributed by atoms with Crippen molar-refractivity contribution in [2.75, 3.05) is 13.7 Å². The van der Waals surface area contributed by atoms with Crippen LogP contribution in [0.15, 0.2) is 0 Å². The van der Waals surface area contributed by atoms with E-state index in [4.69, 9.17) is 9.47 Å². The Kier molecular flexibility index (Phi) is 3.97. The van der Waals surface area contributed by atoms with Crippen LogP contribution in [-0.2, 0) is 14.3 Å². The fourth-order valence-electron chi connectivity index (χ4n) is 3.45. The monoisotopic (exact) mass is 268 g/mol. The molecule has 0 heterocycles. The Morgan fingerprint density at radius 3 is 2.58 bits per heavy atom. The van der Waals surface area contributed by atoms with Crippen LogP contribution in [0.5, 0.6) is 0 Å². The summed E-state index contributed by atoms with van der Waals surface area (Å²) in [7, 11) is 1.72. The van der Waals surface area contributed by atoms with E-state index in [1.54, 1.807) is 7.11 Å². The highest BCUT2D eigenvalue weighted by Gasteiger charge is 2.62. The third kappa shape index (κ3) is 2.54. The molecule has 2 rings (SSSR count). The molecule has 110 valence electrons. The molecule has 0 aromatic heterocycles. The Morgan fingerprint density at radius 2 is 2.16 bits per heavy atom. The Labute approximate surface area is 117 Å². The van der Waals surface area contributed by atoms with E-state index in [0.717, 1.165) is 18.8 Å². The Bertz CT molecular complexity index is 350. The molecule has 0 spiro atoms. The van der Waals surface area contributed by atoms with Crippen molar-refractivity contribution in [3.63, 3.8) is 0 Å². The number of fused-ring (bicyclic) bond motifs is 1. The normalized spacial score (nSPS) is 34.8. The van der Waals surface area contributed by atoms with E-state index >= 15 is 0 Å². The highest BCUT2D eigenvalue weighted by Crippen LogP contribution is 2.62.